The van der Waals surface area contributed by atoms with Crippen LogP contribution >= 0.6 is 23.2 Å². The number of halogens is 2. The number of methoxy groups -OCH3 is 1. The van der Waals surface area contributed by atoms with Gasteiger partial charge < -0.3 is 29.0 Å². The van der Waals surface area contributed by atoms with Crippen LogP contribution in [0.5, 0.6) is 11.5 Å². The van der Waals surface area contributed by atoms with E-state index in [1.54, 1.807) is 60.7 Å². The van der Waals surface area contributed by atoms with Crippen LogP contribution in [-0.2, 0) is 29.4 Å². The number of carbonyl (C=O) groups is 3. The molecule has 1 aliphatic carbocycles. The summed E-state index contributed by atoms with van der Waals surface area (Å²) < 4.78 is 28.7. The molecule has 3 aromatic carbocycles. The van der Waals surface area contributed by atoms with E-state index in [2.05, 4.69) is 5.32 Å². The van der Waals surface area contributed by atoms with Gasteiger partial charge in [0.1, 0.15) is 5.92 Å². The number of Topliss-reactive ketones (excluding diaryl/α,β-unsaturated/α-hetero) is 1. The van der Waals surface area contributed by atoms with Crippen molar-refractivity contribution in [1.29, 1.82) is 0 Å². The monoisotopic (exact) mass is 581 g/mol. The highest BCUT2D eigenvalue weighted by Crippen LogP contribution is 2.66. The van der Waals surface area contributed by atoms with Crippen molar-refractivity contribution in [1.82, 2.24) is 0 Å². The Morgan fingerprint density at radius 3 is 2.52 bits per heavy atom. The number of anilines is 1. The molecule has 9 nitrogen and oxygen atoms in total. The smallest absolute Gasteiger partial charge is 0.313 e. The Bertz CT molecular complexity index is 1600. The van der Waals surface area contributed by atoms with E-state index in [4.69, 9.17) is 46.9 Å². The number of hydrogen-bond donors (Lipinski definition) is 1. The van der Waals surface area contributed by atoms with Crippen molar-refractivity contribution in [3.63, 3.8) is 0 Å². The van der Waals surface area contributed by atoms with E-state index in [9.17, 15) is 14.4 Å². The van der Waals surface area contributed by atoms with Gasteiger partial charge in [-0.2, -0.15) is 0 Å². The molecule has 0 aromatic heterocycles. The first kappa shape index (κ1) is 25.3. The summed E-state index contributed by atoms with van der Waals surface area (Å²) in [7, 11) is 1.21. The number of ketones is 1. The first-order chi connectivity index (χ1) is 19.3. The molecule has 2 spiro atoms. The Morgan fingerprint density at radius 2 is 1.77 bits per heavy atom. The van der Waals surface area contributed by atoms with E-state index < -0.39 is 46.8 Å². The van der Waals surface area contributed by atoms with Gasteiger partial charge in [0.2, 0.25) is 12.7 Å². The lowest BCUT2D eigenvalue weighted by Gasteiger charge is -2.32. The maximum absolute atomic E-state index is 14.2. The Balaban J connectivity index is 1.38. The second-order valence-electron chi connectivity index (χ2n) is 10.0. The summed E-state index contributed by atoms with van der Waals surface area (Å²) >= 11 is 12.5. The minimum Gasteiger partial charge on any atom is -0.469 e. The minimum absolute atomic E-state index is 0.0697. The summed E-state index contributed by atoms with van der Waals surface area (Å²) in [5, 5.41) is 3.39. The molecule has 0 saturated carbocycles. The molecule has 2 fully saturated rings. The van der Waals surface area contributed by atoms with Gasteiger partial charge in [-0.1, -0.05) is 53.5 Å². The van der Waals surface area contributed by atoms with Gasteiger partial charge in [-0.25, -0.2) is 0 Å². The molecule has 204 valence electrons. The van der Waals surface area contributed by atoms with Crippen molar-refractivity contribution in [2.75, 3.05) is 25.8 Å². The minimum atomic E-state index is -1.85. The number of esters is 1. The van der Waals surface area contributed by atoms with Gasteiger partial charge in [-0.05, 0) is 29.8 Å². The predicted molar refractivity (Wildman–Crippen MR) is 142 cm³/mol. The zero-order valence-corrected chi connectivity index (χ0v) is 22.5. The van der Waals surface area contributed by atoms with Gasteiger partial charge in [-0.15, -0.1) is 0 Å². The van der Waals surface area contributed by atoms with Crippen molar-refractivity contribution in [2.45, 2.75) is 17.3 Å². The summed E-state index contributed by atoms with van der Waals surface area (Å²) in [4.78, 5) is 42.0. The summed E-state index contributed by atoms with van der Waals surface area (Å²) in [6, 6.07) is 16.7. The molecule has 3 heterocycles. The van der Waals surface area contributed by atoms with Crippen LogP contribution in [0.15, 0.2) is 60.7 Å². The molecule has 0 radical (unpaired) electrons. The Hall–Kier alpha value is -3.63. The van der Waals surface area contributed by atoms with Crippen LogP contribution in [0.3, 0.4) is 0 Å². The molecule has 2 saturated heterocycles. The molecular weight excluding hydrogens is 561 g/mol. The molecule has 4 aliphatic rings. The Morgan fingerprint density at radius 1 is 1.00 bits per heavy atom. The van der Waals surface area contributed by atoms with Gasteiger partial charge >= 0.3 is 5.97 Å². The largest absolute Gasteiger partial charge is 0.469 e. The number of amides is 1. The molecule has 40 heavy (non-hydrogen) atoms. The van der Waals surface area contributed by atoms with E-state index in [1.807, 2.05) is 0 Å². The lowest BCUT2D eigenvalue weighted by Crippen LogP contribution is -2.55. The Kier molecular flexibility index (Phi) is 5.66. The van der Waals surface area contributed by atoms with Crippen molar-refractivity contribution in [3.8, 4) is 11.5 Å². The number of fused-ring (bicyclic) bond motifs is 4. The van der Waals surface area contributed by atoms with E-state index in [0.29, 0.717) is 38.9 Å². The second kappa shape index (κ2) is 8.94. The number of benzene rings is 3. The van der Waals surface area contributed by atoms with Crippen LogP contribution in [-0.4, -0.2) is 43.8 Å². The van der Waals surface area contributed by atoms with Crippen LogP contribution in [0.25, 0.3) is 0 Å². The SMILES string of the molecule is COC(=O)C1C(C(=O)Nc2ccc3c(c2)OCO3)C(c2ccc(Cl)c(Cl)c2)O[C@]12C(=O)c1ccccc1[C@@]21CO1. The van der Waals surface area contributed by atoms with Gasteiger partial charge in [0.25, 0.3) is 0 Å². The number of ether oxygens (including phenoxy) is 5. The number of rotatable bonds is 4. The number of hydrogen-bond acceptors (Lipinski definition) is 8. The number of nitrogens with one attached hydrogen (secondary N) is 1. The highest BCUT2D eigenvalue weighted by Gasteiger charge is 2.81. The molecule has 3 unspecified atom stereocenters. The fourth-order valence-corrected chi connectivity index (χ4v) is 6.57. The average Bonchev–Trinajstić information content (AvgIpc) is 3.42. The molecule has 1 N–H and O–H groups in total. The number of carbonyl (C=O) groups excluding carboxylic acids is 3. The summed E-state index contributed by atoms with van der Waals surface area (Å²) in [5.41, 5.74) is -1.24. The molecule has 3 aliphatic heterocycles. The van der Waals surface area contributed by atoms with Crippen LogP contribution in [0.2, 0.25) is 10.0 Å². The van der Waals surface area contributed by atoms with E-state index in [0.717, 1.165) is 0 Å². The molecule has 11 heteroatoms. The van der Waals surface area contributed by atoms with E-state index in [-0.39, 0.29) is 18.4 Å². The van der Waals surface area contributed by atoms with Gasteiger partial charge in [0.05, 0.1) is 35.8 Å². The van der Waals surface area contributed by atoms with Crippen LogP contribution < -0.4 is 14.8 Å². The number of epoxide rings is 1. The zero-order valence-electron chi connectivity index (χ0n) is 20.9. The normalized spacial score (nSPS) is 29.1. The van der Waals surface area contributed by atoms with E-state index >= 15 is 0 Å². The molecule has 1 amide bonds. The third-order valence-electron chi connectivity index (χ3n) is 8.08. The molecule has 5 atom stereocenters. The fraction of sp³-hybridized carbons (Fsp3) is 0.276. The van der Waals surface area contributed by atoms with Crippen molar-refractivity contribution in [3.05, 3.63) is 87.4 Å². The third kappa shape index (κ3) is 3.38. The summed E-state index contributed by atoms with van der Waals surface area (Å²) in [6.45, 7) is 0.203. The van der Waals surface area contributed by atoms with Gasteiger partial charge in [0.15, 0.2) is 28.5 Å². The lowest BCUT2D eigenvalue weighted by molar-refractivity contribution is -0.155. The summed E-state index contributed by atoms with van der Waals surface area (Å²) in [5.74, 6) is -3.34. The highest BCUT2D eigenvalue weighted by atomic mass is 35.5. The highest BCUT2D eigenvalue weighted by molar-refractivity contribution is 6.42. The molecule has 3 aromatic rings. The quantitative estimate of drug-likeness (QED) is 0.348. The summed E-state index contributed by atoms with van der Waals surface area (Å²) in [6.07, 6.45) is -1.08. The molecule has 0 bridgehead atoms. The van der Waals surface area contributed by atoms with Crippen LogP contribution in [0.4, 0.5) is 5.69 Å². The van der Waals surface area contributed by atoms with Crippen molar-refractivity contribution in [2.24, 2.45) is 11.8 Å². The third-order valence-corrected chi connectivity index (χ3v) is 8.82. The maximum Gasteiger partial charge on any atom is 0.313 e. The Labute approximate surface area is 238 Å². The van der Waals surface area contributed by atoms with Crippen LogP contribution in [0, 0.1) is 11.8 Å². The molecular formula is C29H21Cl2NO8. The predicted octanol–water partition coefficient (Wildman–Crippen LogP) is 4.70. The molecule has 7 rings (SSSR count). The van der Waals surface area contributed by atoms with Gasteiger partial charge in [-0.3, -0.25) is 14.4 Å². The average molecular weight is 582 g/mol. The maximum atomic E-state index is 14.2. The van der Waals surface area contributed by atoms with Crippen molar-refractivity contribution < 1.29 is 38.1 Å². The fourth-order valence-electron chi connectivity index (χ4n) is 6.27. The van der Waals surface area contributed by atoms with Crippen molar-refractivity contribution >= 4 is 46.5 Å². The lowest BCUT2D eigenvalue weighted by atomic mass is 9.71. The zero-order chi connectivity index (χ0) is 27.8. The first-order valence-corrected chi connectivity index (χ1v) is 13.3. The van der Waals surface area contributed by atoms with E-state index in [1.165, 1.54) is 7.11 Å². The van der Waals surface area contributed by atoms with Crippen LogP contribution in [0.1, 0.15) is 27.6 Å². The van der Waals surface area contributed by atoms with Gasteiger partial charge in [0, 0.05) is 22.9 Å². The second-order valence-corrected chi connectivity index (χ2v) is 10.8. The standard InChI is InChI=1S/C29H21Cl2NO8/c1-36-27(35)23-22(26(34)32-15-7-9-20-21(11-15)38-13-37-20)24(14-6-8-18(30)19(31)10-14)40-29(23)25(33)16-4-2-3-5-17(16)28(29)12-39-28/h2-11,22-24H,12-13H2,1H3,(H,32,34)/t22?,23?,24?,28-,29-/m0/s1. The topological polar surface area (TPSA) is 113 Å². The first-order valence-electron chi connectivity index (χ1n) is 12.5.